The summed E-state index contributed by atoms with van der Waals surface area (Å²) in [6.07, 6.45) is 4.61. The largest absolute Gasteiger partial charge is 0.348 e. The summed E-state index contributed by atoms with van der Waals surface area (Å²) in [7, 11) is 0. The number of benzene rings is 1. The molecule has 0 aliphatic carbocycles. The van der Waals surface area contributed by atoms with Crippen LogP contribution in [0.15, 0.2) is 41.8 Å². The Balaban J connectivity index is 1.48. The summed E-state index contributed by atoms with van der Waals surface area (Å²) in [5.41, 5.74) is 1.64. The van der Waals surface area contributed by atoms with E-state index in [-0.39, 0.29) is 24.3 Å². The van der Waals surface area contributed by atoms with E-state index < -0.39 is 0 Å². The maximum absolute atomic E-state index is 12.7. The van der Waals surface area contributed by atoms with Crippen molar-refractivity contribution in [2.45, 2.75) is 51.6 Å². The second-order valence-electron chi connectivity index (χ2n) is 7.50. The second-order valence-corrected chi connectivity index (χ2v) is 8.48. The van der Waals surface area contributed by atoms with Crippen molar-refractivity contribution in [3.05, 3.63) is 52.5 Å². The van der Waals surface area contributed by atoms with E-state index in [4.69, 9.17) is 0 Å². The number of amides is 2. The summed E-state index contributed by atoms with van der Waals surface area (Å²) in [5.74, 6) is 1.57. The maximum Gasteiger partial charge on any atom is 0.226 e. The van der Waals surface area contributed by atoms with Gasteiger partial charge >= 0.3 is 0 Å². The SMILES string of the molecule is CC(=O)NC(CC(=O)Nc1cccc(-c2nnc3n2CCCCC3)c1)c1cccs1. The highest BCUT2D eigenvalue weighted by Crippen LogP contribution is 2.26. The molecule has 2 N–H and O–H groups in total. The molecule has 0 bridgehead atoms. The Hall–Kier alpha value is -3.00. The van der Waals surface area contributed by atoms with Crippen LogP contribution in [0.3, 0.4) is 0 Å². The molecule has 0 saturated heterocycles. The molecule has 2 aromatic heterocycles. The third-order valence-corrected chi connectivity index (χ3v) is 6.15. The van der Waals surface area contributed by atoms with Gasteiger partial charge in [-0.2, -0.15) is 0 Å². The molecule has 1 atom stereocenters. The zero-order valence-corrected chi connectivity index (χ0v) is 17.7. The third-order valence-electron chi connectivity index (χ3n) is 5.17. The van der Waals surface area contributed by atoms with E-state index in [2.05, 4.69) is 25.4 Å². The van der Waals surface area contributed by atoms with Crippen LogP contribution in [0.25, 0.3) is 11.4 Å². The standard InChI is InChI=1S/C22H25N5O2S/c1-15(28)23-18(19-9-6-12-30-19)14-21(29)24-17-8-5-7-16(13-17)22-26-25-20-10-3-2-4-11-27(20)22/h5-9,12-13,18H,2-4,10-11,14H2,1H3,(H,23,28)(H,24,29). The van der Waals surface area contributed by atoms with Gasteiger partial charge in [0.15, 0.2) is 5.82 Å². The van der Waals surface area contributed by atoms with Gasteiger partial charge in [-0.25, -0.2) is 0 Å². The van der Waals surface area contributed by atoms with E-state index in [0.29, 0.717) is 5.69 Å². The monoisotopic (exact) mass is 423 g/mol. The molecule has 0 saturated carbocycles. The van der Waals surface area contributed by atoms with Gasteiger partial charge < -0.3 is 15.2 Å². The number of nitrogens with one attached hydrogen (secondary N) is 2. The lowest BCUT2D eigenvalue weighted by Gasteiger charge is -2.16. The fourth-order valence-corrected chi connectivity index (χ4v) is 4.57. The van der Waals surface area contributed by atoms with Gasteiger partial charge in [-0.15, -0.1) is 21.5 Å². The first-order valence-corrected chi connectivity index (χ1v) is 11.1. The maximum atomic E-state index is 12.7. The van der Waals surface area contributed by atoms with Crippen LogP contribution in [-0.2, 0) is 22.6 Å². The first-order chi connectivity index (χ1) is 14.6. The summed E-state index contributed by atoms with van der Waals surface area (Å²) < 4.78 is 2.19. The van der Waals surface area contributed by atoms with Crippen LogP contribution in [-0.4, -0.2) is 26.6 Å². The van der Waals surface area contributed by atoms with Crippen LogP contribution >= 0.6 is 11.3 Å². The van der Waals surface area contributed by atoms with Gasteiger partial charge in [0, 0.05) is 36.0 Å². The summed E-state index contributed by atoms with van der Waals surface area (Å²) >= 11 is 1.52. The predicted octanol–water partition coefficient (Wildman–Crippen LogP) is 3.94. The molecule has 1 aromatic carbocycles. The molecule has 0 fully saturated rings. The summed E-state index contributed by atoms with van der Waals surface area (Å²) in [5, 5.41) is 16.5. The summed E-state index contributed by atoms with van der Waals surface area (Å²) in [4.78, 5) is 25.2. The number of thiophene rings is 1. The Morgan fingerprint density at radius 2 is 2.07 bits per heavy atom. The molecule has 1 aliphatic heterocycles. The van der Waals surface area contributed by atoms with Crippen molar-refractivity contribution in [1.82, 2.24) is 20.1 Å². The van der Waals surface area contributed by atoms with E-state index in [0.717, 1.165) is 47.9 Å². The Morgan fingerprint density at radius 3 is 2.87 bits per heavy atom. The number of carbonyl (C=O) groups excluding carboxylic acids is 2. The van der Waals surface area contributed by atoms with Gasteiger partial charge in [0.25, 0.3) is 0 Å². The van der Waals surface area contributed by atoms with Gasteiger partial charge in [0.05, 0.1) is 12.5 Å². The number of rotatable bonds is 6. The van der Waals surface area contributed by atoms with Crippen LogP contribution in [0.1, 0.15) is 49.4 Å². The number of hydrogen-bond acceptors (Lipinski definition) is 5. The normalized spacial score (nSPS) is 14.4. The fraction of sp³-hybridized carbons (Fsp3) is 0.364. The van der Waals surface area contributed by atoms with E-state index in [9.17, 15) is 9.59 Å². The highest BCUT2D eigenvalue weighted by atomic mass is 32.1. The molecule has 4 rings (SSSR count). The lowest BCUT2D eigenvalue weighted by atomic mass is 10.1. The van der Waals surface area contributed by atoms with Crippen molar-refractivity contribution in [3.8, 4) is 11.4 Å². The average molecular weight is 424 g/mol. The second kappa shape index (κ2) is 9.21. The van der Waals surface area contributed by atoms with Crippen LogP contribution in [0, 0.1) is 0 Å². The lowest BCUT2D eigenvalue weighted by molar-refractivity contribution is -0.120. The van der Waals surface area contributed by atoms with Crippen LogP contribution in [0.4, 0.5) is 5.69 Å². The molecule has 156 valence electrons. The molecule has 30 heavy (non-hydrogen) atoms. The molecule has 3 aromatic rings. The zero-order valence-electron chi connectivity index (χ0n) is 16.9. The Morgan fingerprint density at radius 1 is 1.17 bits per heavy atom. The first-order valence-electron chi connectivity index (χ1n) is 10.2. The smallest absolute Gasteiger partial charge is 0.226 e. The van der Waals surface area contributed by atoms with Crippen molar-refractivity contribution in [2.24, 2.45) is 0 Å². The van der Waals surface area contributed by atoms with E-state index in [1.165, 1.54) is 24.7 Å². The van der Waals surface area contributed by atoms with E-state index >= 15 is 0 Å². The van der Waals surface area contributed by atoms with Crippen LogP contribution in [0.2, 0.25) is 0 Å². The van der Waals surface area contributed by atoms with Gasteiger partial charge in [0.1, 0.15) is 5.82 Å². The molecule has 2 amide bonds. The Bertz CT molecular complexity index is 1030. The van der Waals surface area contributed by atoms with Crippen LogP contribution < -0.4 is 10.6 Å². The zero-order chi connectivity index (χ0) is 20.9. The lowest BCUT2D eigenvalue weighted by Crippen LogP contribution is -2.29. The van der Waals surface area contributed by atoms with E-state index in [1.807, 2.05) is 41.8 Å². The number of hydrogen-bond donors (Lipinski definition) is 2. The number of nitrogens with zero attached hydrogens (tertiary/aromatic N) is 3. The highest BCUT2D eigenvalue weighted by molar-refractivity contribution is 7.10. The molecule has 0 radical (unpaired) electrons. The number of anilines is 1. The third kappa shape index (κ3) is 4.76. The fourth-order valence-electron chi connectivity index (χ4n) is 3.79. The van der Waals surface area contributed by atoms with Gasteiger partial charge in [0.2, 0.25) is 11.8 Å². The summed E-state index contributed by atoms with van der Waals surface area (Å²) in [6, 6.07) is 11.2. The van der Waals surface area contributed by atoms with Gasteiger partial charge in [-0.1, -0.05) is 24.6 Å². The molecular formula is C22H25N5O2S. The number of aryl methyl sites for hydroxylation is 1. The minimum Gasteiger partial charge on any atom is -0.348 e. The van der Waals surface area contributed by atoms with Gasteiger partial charge in [-0.3, -0.25) is 9.59 Å². The van der Waals surface area contributed by atoms with Crippen molar-refractivity contribution >= 4 is 28.8 Å². The predicted molar refractivity (Wildman–Crippen MR) is 117 cm³/mol. The minimum absolute atomic E-state index is 0.153. The molecule has 1 unspecified atom stereocenters. The highest BCUT2D eigenvalue weighted by Gasteiger charge is 2.19. The molecule has 8 heteroatoms. The average Bonchev–Trinajstić information content (AvgIpc) is 3.33. The minimum atomic E-state index is -0.335. The quantitative estimate of drug-likeness (QED) is 0.628. The van der Waals surface area contributed by atoms with Crippen molar-refractivity contribution in [3.63, 3.8) is 0 Å². The Kier molecular flexibility index (Phi) is 6.23. The molecule has 1 aliphatic rings. The molecule has 0 spiro atoms. The Labute approximate surface area is 179 Å². The van der Waals surface area contributed by atoms with Crippen molar-refractivity contribution < 1.29 is 9.59 Å². The van der Waals surface area contributed by atoms with Crippen LogP contribution in [0.5, 0.6) is 0 Å². The topological polar surface area (TPSA) is 88.9 Å². The molecule has 3 heterocycles. The first kappa shape index (κ1) is 20.3. The van der Waals surface area contributed by atoms with Crippen molar-refractivity contribution in [1.29, 1.82) is 0 Å². The summed E-state index contributed by atoms with van der Waals surface area (Å²) in [6.45, 7) is 2.39. The number of aromatic nitrogens is 3. The number of fused-ring (bicyclic) bond motifs is 1. The van der Waals surface area contributed by atoms with E-state index in [1.54, 1.807) is 0 Å². The van der Waals surface area contributed by atoms with Crippen molar-refractivity contribution in [2.75, 3.05) is 5.32 Å². The molecule has 7 nitrogen and oxygen atoms in total. The number of carbonyl (C=O) groups is 2. The van der Waals surface area contributed by atoms with Gasteiger partial charge in [-0.05, 0) is 36.4 Å². The molecular weight excluding hydrogens is 398 g/mol.